The highest BCUT2D eigenvalue weighted by Gasteiger charge is 2.34. The van der Waals surface area contributed by atoms with Crippen LogP contribution in [0.3, 0.4) is 0 Å². The Morgan fingerprint density at radius 3 is 2.58 bits per heavy atom. The Morgan fingerprint density at radius 1 is 1.27 bits per heavy atom. The van der Waals surface area contributed by atoms with Gasteiger partial charge in [-0.15, -0.1) is 11.3 Å². The minimum atomic E-state index is -4.41. The zero-order valence-electron chi connectivity index (χ0n) is 14.4. The Morgan fingerprint density at radius 2 is 1.96 bits per heavy atom. The number of rotatable bonds is 4. The van der Waals surface area contributed by atoms with E-state index in [0.717, 1.165) is 29.6 Å². The topological polar surface area (TPSA) is 45.2 Å². The molecular formula is C16H19F4N5S. The Labute approximate surface area is 152 Å². The van der Waals surface area contributed by atoms with Crippen LogP contribution in [0.15, 0.2) is 11.7 Å². The molecule has 1 aliphatic rings. The van der Waals surface area contributed by atoms with E-state index in [1.54, 1.807) is 18.9 Å². The third-order valence-corrected chi connectivity index (χ3v) is 5.41. The molecule has 0 spiro atoms. The first-order valence-corrected chi connectivity index (χ1v) is 9.09. The van der Waals surface area contributed by atoms with Crippen LogP contribution in [0, 0.1) is 18.7 Å². The number of anilines is 2. The van der Waals surface area contributed by atoms with Gasteiger partial charge in [-0.05, 0) is 25.7 Å². The summed E-state index contributed by atoms with van der Waals surface area (Å²) in [4.78, 5) is 15.2. The summed E-state index contributed by atoms with van der Waals surface area (Å²) < 4.78 is 52.1. The first-order chi connectivity index (χ1) is 12.3. The van der Waals surface area contributed by atoms with E-state index in [1.807, 2.05) is 4.90 Å². The highest BCUT2D eigenvalue weighted by molar-refractivity contribution is 7.13. The molecule has 26 heavy (non-hydrogen) atoms. The maximum Gasteiger partial charge on any atom is 0.434 e. The van der Waals surface area contributed by atoms with E-state index in [0.29, 0.717) is 36.4 Å². The van der Waals surface area contributed by atoms with Gasteiger partial charge in [0.1, 0.15) is 6.33 Å². The smallest absolute Gasteiger partial charge is 0.357 e. The van der Waals surface area contributed by atoms with Crippen molar-refractivity contribution in [3.8, 4) is 0 Å². The van der Waals surface area contributed by atoms with Gasteiger partial charge in [0.2, 0.25) is 0 Å². The van der Waals surface area contributed by atoms with Gasteiger partial charge >= 0.3 is 6.18 Å². The maximum absolute atomic E-state index is 14.1. The zero-order chi connectivity index (χ0) is 18.9. The van der Waals surface area contributed by atoms with Gasteiger partial charge in [-0.3, -0.25) is 0 Å². The van der Waals surface area contributed by atoms with Gasteiger partial charge in [-0.1, -0.05) is 0 Å². The number of alkyl halides is 3. The molecule has 1 saturated heterocycles. The Kier molecular flexibility index (Phi) is 5.31. The predicted octanol–water partition coefficient (Wildman–Crippen LogP) is 3.75. The van der Waals surface area contributed by atoms with Crippen molar-refractivity contribution in [1.82, 2.24) is 15.0 Å². The molecule has 142 valence electrons. The summed E-state index contributed by atoms with van der Waals surface area (Å²) in [6.45, 7) is 3.49. The lowest BCUT2D eigenvalue weighted by Gasteiger charge is -2.34. The number of thiazole rings is 1. The lowest BCUT2D eigenvalue weighted by molar-refractivity contribution is -0.140. The van der Waals surface area contributed by atoms with E-state index in [2.05, 4.69) is 15.0 Å². The average molecular weight is 389 g/mol. The second-order valence-corrected chi connectivity index (χ2v) is 7.26. The highest BCUT2D eigenvalue weighted by Crippen LogP contribution is 2.34. The molecule has 0 unspecified atom stereocenters. The third-order valence-electron chi connectivity index (χ3n) is 4.51. The molecule has 2 aromatic heterocycles. The van der Waals surface area contributed by atoms with Crippen LogP contribution in [0.25, 0.3) is 0 Å². The quantitative estimate of drug-likeness (QED) is 0.746. The van der Waals surface area contributed by atoms with Crippen molar-refractivity contribution in [2.45, 2.75) is 25.9 Å². The van der Waals surface area contributed by atoms with Gasteiger partial charge in [0.25, 0.3) is 0 Å². The van der Waals surface area contributed by atoms with Gasteiger partial charge in [-0.25, -0.2) is 19.3 Å². The van der Waals surface area contributed by atoms with Crippen LogP contribution in [-0.4, -0.2) is 41.6 Å². The molecule has 0 radical (unpaired) electrons. The molecule has 2 aromatic rings. The number of aryl methyl sites for hydroxylation is 1. The van der Waals surface area contributed by atoms with Crippen molar-refractivity contribution in [1.29, 1.82) is 0 Å². The first-order valence-electron chi connectivity index (χ1n) is 8.21. The number of hydrogen-bond donors (Lipinski definition) is 0. The van der Waals surface area contributed by atoms with Gasteiger partial charge in [0.15, 0.2) is 22.5 Å². The summed E-state index contributed by atoms with van der Waals surface area (Å²) in [5.41, 5.74) is -0.533. The summed E-state index contributed by atoms with van der Waals surface area (Å²) in [6, 6.07) is 0. The summed E-state index contributed by atoms with van der Waals surface area (Å²) in [7, 11) is 1.79. The lowest BCUT2D eigenvalue weighted by Crippen LogP contribution is -2.38. The van der Waals surface area contributed by atoms with E-state index >= 15 is 0 Å². The summed E-state index contributed by atoms with van der Waals surface area (Å²) in [5, 5.41) is 1.46. The minimum Gasteiger partial charge on any atom is -0.357 e. The van der Waals surface area contributed by atoms with E-state index < -0.39 is 17.7 Å². The fourth-order valence-corrected chi connectivity index (χ4v) is 3.92. The van der Waals surface area contributed by atoms with Gasteiger partial charge in [0, 0.05) is 32.1 Å². The minimum absolute atomic E-state index is 0.273. The SMILES string of the molecule is Cc1ncnc(N(C)CC2CCN(c3nc(C(F)(F)F)cs3)CC2)c1F. The number of nitrogens with zero attached hydrogens (tertiary/aromatic N) is 5. The molecule has 0 amide bonds. The van der Waals surface area contributed by atoms with Crippen molar-refractivity contribution in [3.63, 3.8) is 0 Å². The molecule has 1 fully saturated rings. The number of piperidine rings is 1. The summed E-state index contributed by atoms with van der Waals surface area (Å²) >= 11 is 1.02. The van der Waals surface area contributed by atoms with Crippen LogP contribution in [0.2, 0.25) is 0 Å². The lowest BCUT2D eigenvalue weighted by atomic mass is 9.96. The molecule has 0 aliphatic carbocycles. The first kappa shape index (κ1) is 18.8. The van der Waals surface area contributed by atoms with Gasteiger partial charge < -0.3 is 9.80 Å². The molecule has 1 aliphatic heterocycles. The normalized spacial score (nSPS) is 16.2. The van der Waals surface area contributed by atoms with Crippen molar-refractivity contribution in [2.24, 2.45) is 5.92 Å². The van der Waals surface area contributed by atoms with E-state index in [4.69, 9.17) is 0 Å². The predicted molar refractivity (Wildman–Crippen MR) is 92.1 cm³/mol. The highest BCUT2D eigenvalue weighted by atomic mass is 32.1. The average Bonchev–Trinajstić information content (AvgIpc) is 3.08. The molecule has 0 atom stereocenters. The van der Waals surface area contributed by atoms with Crippen LogP contribution in [0.1, 0.15) is 24.2 Å². The second kappa shape index (κ2) is 7.34. The number of aromatic nitrogens is 3. The van der Waals surface area contributed by atoms with E-state index in [1.165, 1.54) is 6.33 Å². The fourth-order valence-electron chi connectivity index (χ4n) is 3.03. The summed E-state index contributed by atoms with van der Waals surface area (Å²) in [5.74, 6) is 0.164. The van der Waals surface area contributed by atoms with Crippen LogP contribution in [0.4, 0.5) is 28.5 Å². The van der Waals surface area contributed by atoms with Gasteiger partial charge in [0.05, 0.1) is 5.69 Å². The standard InChI is InChI=1S/C16H19F4N5S/c1-10-13(17)14(22-9-21-10)24(2)7-11-3-5-25(6-4-11)15-23-12(8-26-15)16(18,19)20/h8-9,11H,3-7H2,1-2H3. The molecule has 0 saturated carbocycles. The molecule has 10 heteroatoms. The maximum atomic E-state index is 14.1. The molecular weight excluding hydrogens is 370 g/mol. The molecule has 3 heterocycles. The van der Waals surface area contributed by atoms with Crippen molar-refractivity contribution in [2.75, 3.05) is 36.5 Å². The summed E-state index contributed by atoms with van der Waals surface area (Å²) in [6.07, 6.45) is -1.46. The molecule has 3 rings (SSSR count). The van der Waals surface area contributed by atoms with Gasteiger partial charge in [-0.2, -0.15) is 13.2 Å². The van der Waals surface area contributed by atoms with Crippen molar-refractivity contribution < 1.29 is 17.6 Å². The monoisotopic (exact) mass is 389 g/mol. The Balaban J connectivity index is 1.57. The number of halogens is 4. The molecule has 0 aromatic carbocycles. The number of hydrogen-bond acceptors (Lipinski definition) is 6. The van der Waals surface area contributed by atoms with Crippen molar-refractivity contribution >= 4 is 22.3 Å². The van der Waals surface area contributed by atoms with E-state index in [-0.39, 0.29) is 5.82 Å². The van der Waals surface area contributed by atoms with Crippen LogP contribution in [0.5, 0.6) is 0 Å². The van der Waals surface area contributed by atoms with Crippen LogP contribution < -0.4 is 9.80 Å². The largest absolute Gasteiger partial charge is 0.434 e. The van der Waals surface area contributed by atoms with E-state index in [9.17, 15) is 17.6 Å². The Hall–Kier alpha value is -1.97. The molecule has 0 N–H and O–H groups in total. The fraction of sp³-hybridized carbons (Fsp3) is 0.562. The third kappa shape index (κ3) is 4.05. The molecule has 0 bridgehead atoms. The zero-order valence-corrected chi connectivity index (χ0v) is 15.2. The Bertz CT molecular complexity index is 755. The molecule has 5 nitrogen and oxygen atoms in total. The van der Waals surface area contributed by atoms with Crippen molar-refractivity contribution in [3.05, 3.63) is 28.9 Å². The second-order valence-electron chi connectivity index (χ2n) is 6.42. The van der Waals surface area contributed by atoms with Crippen LogP contribution >= 0.6 is 11.3 Å². The van der Waals surface area contributed by atoms with Crippen LogP contribution in [-0.2, 0) is 6.18 Å².